The third-order valence-corrected chi connectivity index (χ3v) is 5.12. The van der Waals surface area contributed by atoms with E-state index in [4.69, 9.17) is 4.52 Å². The van der Waals surface area contributed by atoms with Crippen molar-refractivity contribution in [1.82, 2.24) is 20.1 Å². The SMILES string of the molecule is O=S(=O)(Nc1ccc(-c2noc(-c3cnccn3)n2)cc1)c1ccc(F)cc1. The zero-order valence-electron chi connectivity index (χ0n) is 14.2. The van der Waals surface area contributed by atoms with Crippen molar-refractivity contribution in [2.75, 3.05) is 4.72 Å². The molecule has 0 saturated heterocycles. The highest BCUT2D eigenvalue weighted by Crippen LogP contribution is 2.23. The Hall–Kier alpha value is -3.66. The number of sulfonamides is 1. The lowest BCUT2D eigenvalue weighted by Crippen LogP contribution is -2.12. The monoisotopic (exact) mass is 397 g/mol. The minimum Gasteiger partial charge on any atom is -0.332 e. The average molecular weight is 397 g/mol. The number of hydrogen-bond acceptors (Lipinski definition) is 7. The molecule has 28 heavy (non-hydrogen) atoms. The maximum atomic E-state index is 13.0. The number of rotatable bonds is 5. The van der Waals surface area contributed by atoms with Crippen molar-refractivity contribution < 1.29 is 17.3 Å². The molecule has 0 fully saturated rings. The average Bonchev–Trinajstić information content (AvgIpc) is 3.19. The second kappa shape index (κ2) is 7.16. The minimum absolute atomic E-state index is 0.0373. The fourth-order valence-corrected chi connectivity index (χ4v) is 3.43. The smallest absolute Gasteiger partial charge is 0.278 e. The highest BCUT2D eigenvalue weighted by molar-refractivity contribution is 7.92. The van der Waals surface area contributed by atoms with Gasteiger partial charge in [-0.3, -0.25) is 9.71 Å². The van der Waals surface area contributed by atoms with Crippen LogP contribution in [-0.4, -0.2) is 28.5 Å². The summed E-state index contributed by atoms with van der Waals surface area (Å²) in [6, 6.07) is 11.0. The van der Waals surface area contributed by atoms with Crippen LogP contribution in [0.1, 0.15) is 0 Å². The molecule has 4 rings (SSSR count). The lowest BCUT2D eigenvalue weighted by Gasteiger charge is -2.08. The normalized spacial score (nSPS) is 11.3. The van der Waals surface area contributed by atoms with Crippen molar-refractivity contribution in [3.05, 3.63) is 72.9 Å². The molecular formula is C18H12FN5O3S. The van der Waals surface area contributed by atoms with Gasteiger partial charge in [-0.05, 0) is 48.5 Å². The van der Waals surface area contributed by atoms with Gasteiger partial charge in [0.15, 0.2) is 0 Å². The number of hydrogen-bond donors (Lipinski definition) is 1. The third-order valence-electron chi connectivity index (χ3n) is 3.73. The molecule has 0 bridgehead atoms. The minimum atomic E-state index is -3.82. The summed E-state index contributed by atoms with van der Waals surface area (Å²) in [5.74, 6) is 0.0436. The second-order valence-electron chi connectivity index (χ2n) is 5.65. The Morgan fingerprint density at radius 1 is 0.964 bits per heavy atom. The van der Waals surface area contributed by atoms with Gasteiger partial charge in [-0.25, -0.2) is 17.8 Å². The lowest BCUT2D eigenvalue weighted by atomic mass is 10.2. The quantitative estimate of drug-likeness (QED) is 0.551. The standard InChI is InChI=1S/C18H12FN5O3S/c19-13-3-7-15(8-4-13)28(25,26)24-14-5-1-12(2-6-14)17-22-18(27-23-17)16-11-20-9-10-21-16/h1-11,24H. The van der Waals surface area contributed by atoms with Crippen molar-refractivity contribution in [3.63, 3.8) is 0 Å². The summed E-state index contributed by atoms with van der Waals surface area (Å²) >= 11 is 0. The molecule has 4 aromatic rings. The van der Waals surface area contributed by atoms with Crippen LogP contribution in [0, 0.1) is 5.82 Å². The first-order valence-corrected chi connectivity index (χ1v) is 9.48. The molecule has 0 amide bonds. The number of nitrogens with zero attached hydrogens (tertiary/aromatic N) is 4. The van der Waals surface area contributed by atoms with Crippen LogP contribution in [0.2, 0.25) is 0 Å². The highest BCUT2D eigenvalue weighted by Gasteiger charge is 2.15. The van der Waals surface area contributed by atoms with Crippen molar-refractivity contribution >= 4 is 15.7 Å². The highest BCUT2D eigenvalue weighted by atomic mass is 32.2. The van der Waals surface area contributed by atoms with Crippen LogP contribution >= 0.6 is 0 Å². The first-order valence-electron chi connectivity index (χ1n) is 8.00. The van der Waals surface area contributed by atoms with Gasteiger partial charge < -0.3 is 4.52 Å². The van der Waals surface area contributed by atoms with Crippen molar-refractivity contribution in [3.8, 4) is 23.0 Å². The molecule has 0 saturated carbocycles. The number of halogens is 1. The maximum absolute atomic E-state index is 13.0. The summed E-state index contributed by atoms with van der Waals surface area (Å²) < 4.78 is 45.3. The molecule has 2 heterocycles. The summed E-state index contributed by atoms with van der Waals surface area (Å²) in [7, 11) is -3.82. The number of anilines is 1. The Labute approximate surface area is 159 Å². The van der Waals surface area contributed by atoms with Crippen LogP contribution in [0.25, 0.3) is 23.0 Å². The van der Waals surface area contributed by atoms with Gasteiger partial charge in [0, 0.05) is 23.6 Å². The van der Waals surface area contributed by atoms with Gasteiger partial charge in [-0.1, -0.05) is 5.16 Å². The van der Waals surface area contributed by atoms with E-state index in [0.29, 0.717) is 22.8 Å². The Balaban J connectivity index is 1.53. The van der Waals surface area contributed by atoms with Gasteiger partial charge in [0.1, 0.15) is 11.5 Å². The van der Waals surface area contributed by atoms with Gasteiger partial charge in [0.25, 0.3) is 15.9 Å². The van der Waals surface area contributed by atoms with Crippen LogP contribution in [0.5, 0.6) is 0 Å². The maximum Gasteiger partial charge on any atom is 0.278 e. The van der Waals surface area contributed by atoms with Crippen molar-refractivity contribution in [1.29, 1.82) is 0 Å². The van der Waals surface area contributed by atoms with Crippen molar-refractivity contribution in [2.24, 2.45) is 0 Å². The molecule has 0 radical (unpaired) electrons. The fourth-order valence-electron chi connectivity index (χ4n) is 2.37. The Kier molecular flexibility index (Phi) is 4.53. The second-order valence-corrected chi connectivity index (χ2v) is 7.33. The first kappa shape index (κ1) is 17.7. The molecule has 10 heteroatoms. The molecule has 0 aliphatic rings. The summed E-state index contributed by atoms with van der Waals surface area (Å²) in [5, 5.41) is 3.89. The van der Waals surface area contributed by atoms with Crippen molar-refractivity contribution in [2.45, 2.75) is 4.90 Å². The predicted octanol–water partition coefficient (Wildman–Crippen LogP) is 3.13. The zero-order chi connectivity index (χ0) is 19.6. The van der Waals surface area contributed by atoms with Crippen LogP contribution in [0.3, 0.4) is 0 Å². The molecule has 2 aromatic heterocycles. The Morgan fingerprint density at radius 2 is 1.71 bits per heavy atom. The molecule has 1 N–H and O–H groups in total. The van der Waals surface area contributed by atoms with Gasteiger partial charge >= 0.3 is 0 Å². The topological polar surface area (TPSA) is 111 Å². The molecule has 140 valence electrons. The van der Waals surface area contributed by atoms with E-state index in [9.17, 15) is 12.8 Å². The largest absolute Gasteiger partial charge is 0.332 e. The lowest BCUT2D eigenvalue weighted by molar-refractivity contribution is 0.431. The third kappa shape index (κ3) is 3.71. The number of benzene rings is 2. The number of aromatic nitrogens is 4. The Bertz CT molecular complexity index is 1190. The van der Waals surface area contributed by atoms with Crippen LogP contribution < -0.4 is 4.72 Å². The molecule has 0 aliphatic heterocycles. The summed E-state index contributed by atoms with van der Waals surface area (Å²) in [6.45, 7) is 0. The van der Waals surface area contributed by atoms with Crippen LogP contribution in [0.15, 0.2) is 76.5 Å². The summed E-state index contributed by atoms with van der Waals surface area (Å²) in [5.41, 5.74) is 1.42. The number of nitrogens with one attached hydrogen (secondary N) is 1. The van der Waals surface area contributed by atoms with E-state index >= 15 is 0 Å². The molecule has 8 nitrogen and oxygen atoms in total. The van der Waals surface area contributed by atoms with E-state index in [1.54, 1.807) is 24.3 Å². The summed E-state index contributed by atoms with van der Waals surface area (Å²) in [4.78, 5) is 12.2. The van der Waals surface area contributed by atoms with E-state index in [0.717, 1.165) is 12.1 Å². The fraction of sp³-hybridized carbons (Fsp3) is 0. The first-order chi connectivity index (χ1) is 13.5. The molecule has 0 spiro atoms. The molecule has 2 aromatic carbocycles. The predicted molar refractivity (Wildman–Crippen MR) is 98.0 cm³/mol. The van der Waals surface area contributed by atoms with Crippen LogP contribution in [-0.2, 0) is 10.0 Å². The van der Waals surface area contributed by atoms with Gasteiger partial charge in [-0.2, -0.15) is 4.98 Å². The molecule has 0 aliphatic carbocycles. The van der Waals surface area contributed by atoms with Gasteiger partial charge in [0.05, 0.1) is 11.1 Å². The zero-order valence-corrected chi connectivity index (χ0v) is 15.0. The van der Waals surface area contributed by atoms with Gasteiger partial charge in [-0.15, -0.1) is 0 Å². The van der Waals surface area contributed by atoms with E-state index in [1.807, 2.05) is 0 Å². The molecule has 0 atom stereocenters. The summed E-state index contributed by atoms with van der Waals surface area (Å²) in [6.07, 6.45) is 4.55. The van der Waals surface area contributed by atoms with Gasteiger partial charge in [0.2, 0.25) is 5.82 Å². The molecule has 0 unspecified atom stereocenters. The van der Waals surface area contributed by atoms with Crippen LogP contribution in [0.4, 0.5) is 10.1 Å². The molecular weight excluding hydrogens is 385 g/mol. The Morgan fingerprint density at radius 3 is 2.39 bits per heavy atom. The van der Waals surface area contributed by atoms with E-state index in [1.165, 1.54) is 30.7 Å². The van der Waals surface area contributed by atoms with E-state index < -0.39 is 15.8 Å². The van der Waals surface area contributed by atoms with E-state index in [2.05, 4.69) is 24.8 Å². The van der Waals surface area contributed by atoms with E-state index in [-0.39, 0.29) is 10.8 Å².